The van der Waals surface area contributed by atoms with Crippen LogP contribution in [0, 0.1) is 11.8 Å². The third kappa shape index (κ3) is 7.87. The van der Waals surface area contributed by atoms with E-state index in [1.807, 2.05) is 13.8 Å². The summed E-state index contributed by atoms with van der Waals surface area (Å²) in [5.41, 5.74) is 0. The lowest BCUT2D eigenvalue weighted by Crippen LogP contribution is -2.31. The molecular formula is C12H20O4S2-2. The Labute approximate surface area is 116 Å². The number of hydrogen-bond donors (Lipinski definition) is 0. The summed E-state index contributed by atoms with van der Waals surface area (Å²) in [5.74, 6) is -1.20. The smallest absolute Gasteiger partial charge is 0.0445 e. The quantitative estimate of drug-likeness (QED) is 0.412. The lowest BCUT2D eigenvalue weighted by molar-refractivity contribution is -0.313. The van der Waals surface area contributed by atoms with Gasteiger partial charge in [0.1, 0.15) is 0 Å². The molecule has 0 amide bonds. The van der Waals surface area contributed by atoms with Crippen molar-refractivity contribution in [1.29, 1.82) is 0 Å². The van der Waals surface area contributed by atoms with Gasteiger partial charge in [-0.05, 0) is 37.5 Å². The van der Waals surface area contributed by atoms with Crippen LogP contribution in [0.2, 0.25) is 0 Å². The Morgan fingerprint density at radius 1 is 0.889 bits per heavy atom. The highest BCUT2D eigenvalue weighted by atomic mass is 33.1. The molecule has 106 valence electrons. The summed E-state index contributed by atoms with van der Waals surface area (Å²) < 4.78 is 0. The molecule has 0 aliphatic rings. The van der Waals surface area contributed by atoms with Gasteiger partial charge in [-0.25, -0.2) is 0 Å². The number of carboxylic acid groups (broad SMARTS) is 2. The predicted octanol–water partition coefficient (Wildman–Crippen LogP) is 0.700. The maximum absolute atomic E-state index is 10.7. The van der Waals surface area contributed by atoms with E-state index in [0.717, 1.165) is 11.5 Å². The molecule has 0 rings (SSSR count). The maximum atomic E-state index is 10.7. The third-order valence-corrected chi connectivity index (χ3v) is 5.31. The maximum Gasteiger partial charge on any atom is 0.0445 e. The molecule has 0 spiro atoms. The van der Waals surface area contributed by atoms with Crippen LogP contribution in [0.3, 0.4) is 0 Å². The highest BCUT2D eigenvalue weighted by Gasteiger charge is 2.08. The standard InChI is InChI=1S/C12H22O4S2/c1-3-9(11(13)14)5-7-17-18-8-6-10(4-2)12(15)16/h9-10H,3-8H2,1-2H3,(H,13,14)(H,15,16)/p-2. The first-order valence-electron chi connectivity index (χ1n) is 6.19. The number of carbonyl (C=O) groups excluding carboxylic acids is 2. The molecule has 0 saturated heterocycles. The van der Waals surface area contributed by atoms with Crippen molar-refractivity contribution in [3.8, 4) is 0 Å². The van der Waals surface area contributed by atoms with Crippen LogP contribution in [0.1, 0.15) is 39.5 Å². The summed E-state index contributed by atoms with van der Waals surface area (Å²) >= 11 is 0. The summed E-state index contributed by atoms with van der Waals surface area (Å²) in [7, 11) is 3.18. The molecule has 0 aliphatic heterocycles. The summed E-state index contributed by atoms with van der Waals surface area (Å²) in [6, 6.07) is 0. The molecule has 0 heterocycles. The molecule has 4 nitrogen and oxygen atoms in total. The Hall–Kier alpha value is -0.360. The van der Waals surface area contributed by atoms with Gasteiger partial charge in [0.2, 0.25) is 0 Å². The van der Waals surface area contributed by atoms with Crippen LogP contribution in [0.4, 0.5) is 0 Å². The second kappa shape index (κ2) is 10.6. The fraction of sp³-hybridized carbons (Fsp3) is 0.833. The van der Waals surface area contributed by atoms with Crippen LogP contribution in [0.5, 0.6) is 0 Å². The Morgan fingerprint density at radius 2 is 1.22 bits per heavy atom. The van der Waals surface area contributed by atoms with Gasteiger partial charge >= 0.3 is 0 Å². The van der Waals surface area contributed by atoms with Crippen molar-refractivity contribution >= 4 is 33.5 Å². The molecule has 0 fully saturated rings. The van der Waals surface area contributed by atoms with Crippen molar-refractivity contribution < 1.29 is 19.8 Å². The molecule has 2 unspecified atom stereocenters. The fourth-order valence-electron chi connectivity index (χ4n) is 1.48. The van der Waals surface area contributed by atoms with Crippen LogP contribution >= 0.6 is 21.6 Å². The largest absolute Gasteiger partial charge is 0.550 e. The molecule has 18 heavy (non-hydrogen) atoms. The van der Waals surface area contributed by atoms with Gasteiger partial charge in [0, 0.05) is 23.4 Å². The van der Waals surface area contributed by atoms with Crippen molar-refractivity contribution in [2.45, 2.75) is 39.5 Å². The molecule has 0 bridgehead atoms. The monoisotopic (exact) mass is 292 g/mol. The van der Waals surface area contributed by atoms with E-state index in [0.29, 0.717) is 25.7 Å². The Kier molecular flexibility index (Phi) is 10.3. The van der Waals surface area contributed by atoms with E-state index in [-0.39, 0.29) is 11.8 Å². The number of hydrogen-bond acceptors (Lipinski definition) is 6. The van der Waals surface area contributed by atoms with Crippen molar-refractivity contribution in [1.82, 2.24) is 0 Å². The molecule has 0 N–H and O–H groups in total. The number of carbonyl (C=O) groups is 2. The van der Waals surface area contributed by atoms with E-state index >= 15 is 0 Å². The first-order valence-corrected chi connectivity index (χ1v) is 8.67. The number of rotatable bonds is 11. The van der Waals surface area contributed by atoms with Gasteiger partial charge in [-0.1, -0.05) is 35.4 Å². The molecule has 0 saturated carbocycles. The van der Waals surface area contributed by atoms with E-state index in [2.05, 4.69) is 0 Å². The summed E-state index contributed by atoms with van der Waals surface area (Å²) in [6.07, 6.45) is 2.40. The molecule has 6 heteroatoms. The third-order valence-electron chi connectivity index (χ3n) is 2.83. The average Bonchev–Trinajstić information content (AvgIpc) is 2.32. The van der Waals surface area contributed by atoms with Crippen LogP contribution in [-0.4, -0.2) is 23.4 Å². The molecule has 0 radical (unpaired) electrons. The summed E-state index contributed by atoms with van der Waals surface area (Å²) in [4.78, 5) is 21.3. The molecule has 0 aromatic heterocycles. The van der Waals surface area contributed by atoms with Gasteiger partial charge in [0.05, 0.1) is 0 Å². The molecular weight excluding hydrogens is 272 g/mol. The SMILES string of the molecule is CCC(CCSSCCC(CC)C(=O)[O-])C(=O)[O-]. The first kappa shape index (κ1) is 17.6. The van der Waals surface area contributed by atoms with Gasteiger partial charge < -0.3 is 19.8 Å². The van der Waals surface area contributed by atoms with E-state index in [4.69, 9.17) is 0 Å². The summed E-state index contributed by atoms with van der Waals surface area (Å²) in [6.45, 7) is 3.67. The normalized spacial score (nSPS) is 14.1. The molecule has 2 atom stereocenters. The lowest BCUT2D eigenvalue weighted by atomic mass is 10.0. The van der Waals surface area contributed by atoms with Crippen LogP contribution in [-0.2, 0) is 9.59 Å². The average molecular weight is 292 g/mol. The van der Waals surface area contributed by atoms with Crippen molar-refractivity contribution in [2.75, 3.05) is 11.5 Å². The van der Waals surface area contributed by atoms with E-state index in [1.54, 1.807) is 21.6 Å². The van der Waals surface area contributed by atoms with E-state index in [1.165, 1.54) is 0 Å². The van der Waals surface area contributed by atoms with Crippen molar-refractivity contribution in [3.63, 3.8) is 0 Å². The minimum absolute atomic E-state index is 0.371. The number of carboxylic acids is 2. The van der Waals surface area contributed by atoms with Gasteiger partial charge in [-0.2, -0.15) is 0 Å². The topological polar surface area (TPSA) is 80.3 Å². The zero-order chi connectivity index (χ0) is 14.0. The summed E-state index contributed by atoms with van der Waals surface area (Å²) in [5, 5.41) is 21.3. The zero-order valence-corrected chi connectivity index (χ0v) is 12.5. The highest BCUT2D eigenvalue weighted by Crippen LogP contribution is 2.26. The predicted molar refractivity (Wildman–Crippen MR) is 71.7 cm³/mol. The zero-order valence-electron chi connectivity index (χ0n) is 10.8. The second-order valence-electron chi connectivity index (χ2n) is 4.07. The Morgan fingerprint density at radius 3 is 1.44 bits per heavy atom. The fourth-order valence-corrected chi connectivity index (χ4v) is 3.76. The van der Waals surface area contributed by atoms with Gasteiger partial charge in [0.15, 0.2) is 0 Å². The Balaban J connectivity index is 3.56. The van der Waals surface area contributed by atoms with Crippen molar-refractivity contribution in [3.05, 3.63) is 0 Å². The van der Waals surface area contributed by atoms with Gasteiger partial charge in [-0.3, -0.25) is 0 Å². The van der Waals surface area contributed by atoms with Gasteiger partial charge in [-0.15, -0.1) is 0 Å². The van der Waals surface area contributed by atoms with Crippen LogP contribution in [0.25, 0.3) is 0 Å². The lowest BCUT2D eigenvalue weighted by Gasteiger charge is -2.16. The minimum Gasteiger partial charge on any atom is -0.550 e. The van der Waals surface area contributed by atoms with Crippen molar-refractivity contribution in [2.24, 2.45) is 11.8 Å². The highest BCUT2D eigenvalue weighted by molar-refractivity contribution is 8.76. The molecule has 0 aromatic rings. The molecule has 0 aromatic carbocycles. The van der Waals surface area contributed by atoms with Crippen LogP contribution in [0.15, 0.2) is 0 Å². The second-order valence-corrected chi connectivity index (χ2v) is 6.77. The minimum atomic E-state index is -0.980. The number of aliphatic carboxylic acids is 2. The molecule has 0 aliphatic carbocycles. The Bertz CT molecular complexity index is 232. The van der Waals surface area contributed by atoms with E-state index < -0.39 is 11.9 Å². The first-order chi connectivity index (χ1) is 8.52. The van der Waals surface area contributed by atoms with Gasteiger partial charge in [0.25, 0.3) is 0 Å². The van der Waals surface area contributed by atoms with Crippen LogP contribution < -0.4 is 10.2 Å². The van der Waals surface area contributed by atoms with E-state index in [9.17, 15) is 19.8 Å².